The number of aromatic nitrogens is 1. The summed E-state index contributed by atoms with van der Waals surface area (Å²) in [5.41, 5.74) is 3.88. The summed E-state index contributed by atoms with van der Waals surface area (Å²) in [4.78, 5) is 9.21. The summed E-state index contributed by atoms with van der Waals surface area (Å²) < 4.78 is 84.5. The molecule has 0 spiro atoms. The third kappa shape index (κ3) is 5.95. The molecule has 192 valence electrons. The first-order valence-electron chi connectivity index (χ1n) is 10.3. The van der Waals surface area contributed by atoms with E-state index >= 15 is 0 Å². The lowest BCUT2D eigenvalue weighted by molar-refractivity contribution is -0.139. The molecule has 2 aromatic rings. The molecule has 3 rings (SSSR count). The highest BCUT2D eigenvalue weighted by Crippen LogP contribution is 2.38. The van der Waals surface area contributed by atoms with Crippen LogP contribution in [0.15, 0.2) is 33.7 Å². The van der Waals surface area contributed by atoms with Gasteiger partial charge >= 0.3 is 6.18 Å². The third-order valence-electron chi connectivity index (χ3n) is 5.20. The van der Waals surface area contributed by atoms with Crippen molar-refractivity contribution in [2.45, 2.75) is 32.0 Å². The van der Waals surface area contributed by atoms with E-state index in [9.17, 15) is 26.0 Å². The Kier molecular flexibility index (Phi) is 7.82. The standard InChI is InChI=1S/C21H23ClF4N4O3S2/c1-4-15-17(12-5-6-13(14(23)9-12)21(24,25)26)33-18(28-15)16(7-8-22)34-10-20(2)11-35(31,32)30(3)19(27)29-20/h5-7,9H,4,8,10-11H2,1-3H3,(H2,27,29). The molecule has 1 atom stereocenters. The fourth-order valence-corrected chi connectivity index (χ4v) is 6.30. The minimum Gasteiger partial charge on any atom is -0.435 e. The Morgan fingerprint density at radius 2 is 2.09 bits per heavy atom. The monoisotopic (exact) mass is 554 g/mol. The van der Waals surface area contributed by atoms with Crippen LogP contribution >= 0.6 is 23.4 Å². The minimum absolute atomic E-state index is 0.0829. The zero-order valence-corrected chi connectivity index (χ0v) is 21.4. The van der Waals surface area contributed by atoms with Gasteiger partial charge in [-0.2, -0.15) is 13.2 Å². The van der Waals surface area contributed by atoms with E-state index in [2.05, 4.69) is 9.98 Å². The number of rotatable bonds is 7. The lowest BCUT2D eigenvalue weighted by Crippen LogP contribution is -2.52. The Hall–Kier alpha value is -2.25. The fourth-order valence-electron chi connectivity index (χ4n) is 3.41. The van der Waals surface area contributed by atoms with Crippen LogP contribution in [0.4, 0.5) is 17.6 Å². The molecule has 2 heterocycles. The SMILES string of the molecule is CCc1nc(C(=CCCl)SCC2(C)CS(=O)(=O)N(C)C(N)=N2)oc1-c1ccc(C(F)(F)F)c(F)c1. The van der Waals surface area contributed by atoms with Gasteiger partial charge in [-0.15, -0.1) is 23.4 Å². The minimum atomic E-state index is -4.82. The number of benzene rings is 1. The number of aryl methyl sites for hydroxylation is 1. The second-order valence-electron chi connectivity index (χ2n) is 8.04. The molecule has 0 radical (unpaired) electrons. The second kappa shape index (κ2) is 10.0. The van der Waals surface area contributed by atoms with E-state index in [1.165, 1.54) is 18.8 Å². The smallest absolute Gasteiger partial charge is 0.419 e. The number of thioether (sulfide) groups is 1. The van der Waals surface area contributed by atoms with Gasteiger partial charge in [0.25, 0.3) is 0 Å². The van der Waals surface area contributed by atoms with E-state index in [1.54, 1.807) is 19.9 Å². The van der Waals surface area contributed by atoms with Crippen LogP contribution in [0.5, 0.6) is 0 Å². The molecule has 14 heteroatoms. The van der Waals surface area contributed by atoms with Crippen LogP contribution < -0.4 is 5.73 Å². The zero-order chi connectivity index (χ0) is 26.2. The van der Waals surface area contributed by atoms with Gasteiger partial charge in [0.2, 0.25) is 21.9 Å². The lowest BCUT2D eigenvalue weighted by Gasteiger charge is -2.33. The third-order valence-corrected chi connectivity index (χ3v) is 8.78. The number of allylic oxidation sites excluding steroid dienone is 1. The van der Waals surface area contributed by atoms with Crippen LogP contribution in [0.2, 0.25) is 0 Å². The number of aliphatic imine (C=N–C) groups is 1. The summed E-state index contributed by atoms with van der Waals surface area (Å²) in [7, 11) is -2.32. The summed E-state index contributed by atoms with van der Waals surface area (Å²) >= 11 is 7.10. The Bertz CT molecular complexity index is 1280. The van der Waals surface area contributed by atoms with Crippen LogP contribution in [-0.4, -0.2) is 53.6 Å². The van der Waals surface area contributed by atoms with Crippen LogP contribution in [0, 0.1) is 5.82 Å². The largest absolute Gasteiger partial charge is 0.435 e. The van der Waals surface area contributed by atoms with E-state index in [-0.39, 0.29) is 40.6 Å². The Morgan fingerprint density at radius 3 is 2.63 bits per heavy atom. The first kappa shape index (κ1) is 27.3. The van der Waals surface area contributed by atoms with Crippen molar-refractivity contribution in [1.82, 2.24) is 9.29 Å². The molecule has 1 aromatic carbocycles. The van der Waals surface area contributed by atoms with Crippen molar-refractivity contribution in [3.8, 4) is 11.3 Å². The van der Waals surface area contributed by atoms with E-state index in [0.717, 1.165) is 16.4 Å². The van der Waals surface area contributed by atoms with Crippen molar-refractivity contribution in [2.24, 2.45) is 10.7 Å². The summed E-state index contributed by atoms with van der Waals surface area (Å²) in [5.74, 6) is -1.28. The molecule has 0 fully saturated rings. The molecule has 0 saturated carbocycles. The fraction of sp³-hybridized carbons (Fsp3) is 0.429. The van der Waals surface area contributed by atoms with Gasteiger partial charge in [-0.1, -0.05) is 19.1 Å². The van der Waals surface area contributed by atoms with Crippen LogP contribution in [-0.2, 0) is 22.6 Å². The van der Waals surface area contributed by atoms with Crippen LogP contribution in [0.1, 0.15) is 31.0 Å². The van der Waals surface area contributed by atoms with Crippen molar-refractivity contribution in [1.29, 1.82) is 0 Å². The van der Waals surface area contributed by atoms with Crippen molar-refractivity contribution >= 4 is 44.3 Å². The Labute approximate surface area is 209 Å². The quantitative estimate of drug-likeness (QED) is 0.392. The lowest BCUT2D eigenvalue weighted by atomic mass is 10.1. The van der Waals surface area contributed by atoms with E-state index in [0.29, 0.717) is 23.1 Å². The molecular formula is C21H23ClF4N4O3S2. The van der Waals surface area contributed by atoms with Crippen molar-refractivity contribution in [2.75, 3.05) is 24.4 Å². The predicted molar refractivity (Wildman–Crippen MR) is 129 cm³/mol. The van der Waals surface area contributed by atoms with Gasteiger partial charge in [-0.05, 0) is 25.5 Å². The van der Waals surface area contributed by atoms with Crippen LogP contribution in [0.3, 0.4) is 0 Å². The highest BCUT2D eigenvalue weighted by atomic mass is 35.5. The number of nitrogens with two attached hydrogens (primary N) is 1. The molecule has 1 aromatic heterocycles. The number of guanidine groups is 1. The molecule has 0 saturated heterocycles. The number of alkyl halides is 4. The summed E-state index contributed by atoms with van der Waals surface area (Å²) in [5, 5.41) is 0. The van der Waals surface area contributed by atoms with Gasteiger partial charge < -0.3 is 10.2 Å². The number of halogens is 5. The molecule has 7 nitrogen and oxygen atoms in total. The average Bonchev–Trinajstić information content (AvgIpc) is 3.18. The highest BCUT2D eigenvalue weighted by Gasteiger charge is 2.39. The number of hydrogen-bond acceptors (Lipinski definition) is 7. The van der Waals surface area contributed by atoms with Gasteiger partial charge in [-0.25, -0.2) is 27.1 Å². The number of hydrogen-bond donors (Lipinski definition) is 1. The van der Waals surface area contributed by atoms with Gasteiger partial charge in [0, 0.05) is 24.2 Å². The molecule has 0 amide bonds. The zero-order valence-electron chi connectivity index (χ0n) is 19.0. The molecule has 35 heavy (non-hydrogen) atoms. The second-order valence-corrected chi connectivity index (χ2v) is 11.4. The van der Waals surface area contributed by atoms with Crippen molar-refractivity contribution in [3.05, 3.63) is 47.2 Å². The molecule has 0 bridgehead atoms. The summed E-state index contributed by atoms with van der Waals surface area (Å²) in [6.07, 6.45) is -2.85. The number of sulfonamides is 1. The van der Waals surface area contributed by atoms with E-state index < -0.39 is 33.1 Å². The van der Waals surface area contributed by atoms with Gasteiger partial charge in [0.05, 0.1) is 27.5 Å². The molecule has 0 aliphatic carbocycles. The van der Waals surface area contributed by atoms with E-state index in [1.807, 2.05) is 0 Å². The van der Waals surface area contributed by atoms with Crippen LogP contribution in [0.25, 0.3) is 16.2 Å². The van der Waals surface area contributed by atoms with Gasteiger partial charge in [0.15, 0.2) is 5.76 Å². The van der Waals surface area contributed by atoms with Gasteiger partial charge in [-0.3, -0.25) is 0 Å². The maximum absolute atomic E-state index is 14.2. The topological polar surface area (TPSA) is 102 Å². The van der Waals surface area contributed by atoms with Gasteiger partial charge in [0.1, 0.15) is 5.82 Å². The first-order chi connectivity index (χ1) is 16.2. The maximum Gasteiger partial charge on any atom is 0.419 e. The molecule has 1 unspecified atom stereocenters. The summed E-state index contributed by atoms with van der Waals surface area (Å²) in [6, 6.07) is 2.53. The molecule has 1 aliphatic rings. The average molecular weight is 555 g/mol. The molecule has 2 N–H and O–H groups in total. The number of nitrogens with zero attached hydrogens (tertiary/aromatic N) is 3. The van der Waals surface area contributed by atoms with E-state index in [4.69, 9.17) is 21.8 Å². The first-order valence-corrected chi connectivity index (χ1v) is 13.4. The number of oxazole rings is 1. The predicted octanol–water partition coefficient (Wildman–Crippen LogP) is 4.72. The highest BCUT2D eigenvalue weighted by molar-refractivity contribution is 8.08. The maximum atomic E-state index is 14.2. The Morgan fingerprint density at radius 1 is 1.40 bits per heavy atom. The molecular weight excluding hydrogens is 532 g/mol. The normalized spacial score (nSPS) is 20.7. The molecule has 1 aliphatic heterocycles. The Balaban J connectivity index is 1.92. The summed E-state index contributed by atoms with van der Waals surface area (Å²) in [6.45, 7) is 3.42. The van der Waals surface area contributed by atoms with Crippen molar-refractivity contribution < 1.29 is 30.4 Å². The van der Waals surface area contributed by atoms with Crippen molar-refractivity contribution in [3.63, 3.8) is 0 Å².